The molecule has 7 nitrogen and oxygen atoms in total. The van der Waals surface area contributed by atoms with E-state index in [1.165, 1.54) is 30.4 Å². The minimum atomic E-state index is -1.07. The third-order valence-electron chi connectivity index (χ3n) is 3.71. The van der Waals surface area contributed by atoms with E-state index < -0.39 is 18.0 Å². The number of hydrogen-bond acceptors (Lipinski definition) is 7. The molecule has 0 aliphatic carbocycles. The lowest BCUT2D eigenvalue weighted by atomic mass is 10.2. The number of carbonyl (C=O) groups is 2. The summed E-state index contributed by atoms with van der Waals surface area (Å²) in [5.41, 5.74) is 0.499. The minimum absolute atomic E-state index is 0.151. The van der Waals surface area contributed by atoms with E-state index >= 15 is 0 Å². The Labute approximate surface area is 164 Å². The Hall–Kier alpha value is -2.76. The molecule has 1 aromatic carbocycles. The number of benzene rings is 1. The first kappa shape index (κ1) is 19.0. The Balaban J connectivity index is 1.69. The van der Waals surface area contributed by atoms with Gasteiger partial charge in [-0.1, -0.05) is 11.6 Å². The lowest BCUT2D eigenvalue weighted by molar-refractivity contribution is -0.123. The molecular weight excluding hydrogens is 392 g/mol. The van der Waals surface area contributed by atoms with Crippen LogP contribution in [0.15, 0.2) is 23.6 Å². The summed E-state index contributed by atoms with van der Waals surface area (Å²) in [4.78, 5) is 24.6. The van der Waals surface area contributed by atoms with Crippen molar-refractivity contribution in [3.63, 3.8) is 0 Å². The second-order valence-electron chi connectivity index (χ2n) is 5.65. The van der Waals surface area contributed by atoms with E-state index in [2.05, 4.69) is 5.32 Å². The number of rotatable bonds is 4. The fourth-order valence-corrected chi connectivity index (χ4v) is 3.34. The molecule has 1 N–H and O–H groups in total. The number of thiophene rings is 1. The highest BCUT2D eigenvalue weighted by molar-refractivity contribution is 7.14. The molecule has 0 unspecified atom stereocenters. The SMILES string of the molecule is C[C@@H](OC(=O)c1cc(Cl)c2c(c1)OCCCO2)C(=O)Nc1sccc1C#N. The molecular formula is C18H15ClN2O5S. The van der Waals surface area contributed by atoms with Crippen molar-refractivity contribution >= 4 is 39.8 Å². The van der Waals surface area contributed by atoms with Crippen molar-refractivity contribution in [2.24, 2.45) is 0 Å². The number of ether oxygens (including phenoxy) is 3. The lowest BCUT2D eigenvalue weighted by Gasteiger charge is -2.15. The van der Waals surface area contributed by atoms with E-state index in [1.807, 2.05) is 6.07 Å². The standard InChI is InChI=1S/C18H15ClN2O5S/c1-10(16(22)21-17-11(9-20)3-6-27-17)26-18(23)12-7-13(19)15-14(8-12)24-4-2-5-25-15/h3,6-8,10H,2,4-5H2,1H3,(H,21,22)/t10-/m1/s1. The first-order valence-electron chi connectivity index (χ1n) is 8.08. The largest absolute Gasteiger partial charge is 0.489 e. The highest BCUT2D eigenvalue weighted by Gasteiger charge is 2.23. The Bertz CT molecular complexity index is 921. The van der Waals surface area contributed by atoms with Crippen LogP contribution in [-0.2, 0) is 9.53 Å². The zero-order valence-electron chi connectivity index (χ0n) is 14.3. The summed E-state index contributed by atoms with van der Waals surface area (Å²) in [7, 11) is 0. The van der Waals surface area contributed by atoms with E-state index in [0.29, 0.717) is 41.7 Å². The normalized spacial score (nSPS) is 13.8. The van der Waals surface area contributed by atoms with Crippen LogP contribution in [0.4, 0.5) is 5.00 Å². The zero-order valence-corrected chi connectivity index (χ0v) is 15.9. The van der Waals surface area contributed by atoms with Gasteiger partial charge in [-0.3, -0.25) is 4.79 Å². The summed E-state index contributed by atoms with van der Waals surface area (Å²) in [6, 6.07) is 6.46. The number of nitrogens with zero attached hydrogens (tertiary/aromatic N) is 1. The maximum Gasteiger partial charge on any atom is 0.339 e. The molecule has 0 spiro atoms. The van der Waals surface area contributed by atoms with Gasteiger partial charge < -0.3 is 19.5 Å². The quantitative estimate of drug-likeness (QED) is 0.779. The van der Waals surface area contributed by atoms with Gasteiger partial charge in [0.2, 0.25) is 0 Å². The second-order valence-corrected chi connectivity index (χ2v) is 6.97. The van der Waals surface area contributed by atoms with Gasteiger partial charge in [0.05, 0.1) is 29.4 Å². The van der Waals surface area contributed by atoms with E-state index in [9.17, 15) is 9.59 Å². The third-order valence-corrected chi connectivity index (χ3v) is 4.82. The molecule has 27 heavy (non-hydrogen) atoms. The van der Waals surface area contributed by atoms with Crippen LogP contribution in [0.25, 0.3) is 0 Å². The second kappa shape index (κ2) is 8.29. The van der Waals surface area contributed by atoms with Crippen molar-refractivity contribution < 1.29 is 23.8 Å². The van der Waals surface area contributed by atoms with Gasteiger partial charge in [0.1, 0.15) is 11.1 Å². The third kappa shape index (κ3) is 4.32. The van der Waals surface area contributed by atoms with Crippen LogP contribution >= 0.6 is 22.9 Å². The number of nitrogens with one attached hydrogen (secondary N) is 1. The molecule has 0 saturated heterocycles. The average Bonchev–Trinajstić information content (AvgIpc) is 2.95. The number of esters is 1. The van der Waals surface area contributed by atoms with Crippen LogP contribution in [0, 0.1) is 11.3 Å². The topological polar surface area (TPSA) is 97.7 Å². The fourth-order valence-electron chi connectivity index (χ4n) is 2.34. The van der Waals surface area contributed by atoms with Gasteiger partial charge in [0.15, 0.2) is 17.6 Å². The van der Waals surface area contributed by atoms with Crippen molar-refractivity contribution in [1.82, 2.24) is 0 Å². The molecule has 1 aliphatic heterocycles. The number of fused-ring (bicyclic) bond motifs is 1. The van der Waals surface area contributed by atoms with Crippen LogP contribution in [0.5, 0.6) is 11.5 Å². The predicted molar refractivity (Wildman–Crippen MR) is 99.6 cm³/mol. The Morgan fingerprint density at radius 2 is 2.15 bits per heavy atom. The number of nitriles is 1. The highest BCUT2D eigenvalue weighted by atomic mass is 35.5. The molecule has 2 heterocycles. The molecule has 0 radical (unpaired) electrons. The summed E-state index contributed by atoms with van der Waals surface area (Å²) in [6.07, 6.45) is -0.365. The first-order valence-corrected chi connectivity index (χ1v) is 9.34. The summed E-state index contributed by atoms with van der Waals surface area (Å²) in [6.45, 7) is 2.36. The zero-order chi connectivity index (χ0) is 19.4. The van der Waals surface area contributed by atoms with Crippen LogP contribution in [0.3, 0.4) is 0 Å². The molecule has 1 amide bonds. The van der Waals surface area contributed by atoms with Crippen molar-refractivity contribution in [2.45, 2.75) is 19.4 Å². The lowest BCUT2D eigenvalue weighted by Crippen LogP contribution is -2.30. The summed E-state index contributed by atoms with van der Waals surface area (Å²) >= 11 is 7.38. The fraction of sp³-hybridized carbons (Fsp3) is 0.278. The molecule has 0 fully saturated rings. The molecule has 9 heteroatoms. The number of hydrogen-bond donors (Lipinski definition) is 1. The summed E-state index contributed by atoms with van der Waals surface area (Å²) in [5, 5.41) is 13.9. The average molecular weight is 407 g/mol. The van der Waals surface area contributed by atoms with Crippen molar-refractivity contribution in [2.75, 3.05) is 18.5 Å². The number of halogens is 1. The van der Waals surface area contributed by atoms with Gasteiger partial charge in [0.25, 0.3) is 5.91 Å². The molecule has 0 saturated carbocycles. The van der Waals surface area contributed by atoms with Crippen LogP contribution in [-0.4, -0.2) is 31.2 Å². The van der Waals surface area contributed by atoms with Crippen molar-refractivity contribution in [1.29, 1.82) is 5.26 Å². The van der Waals surface area contributed by atoms with Gasteiger partial charge in [-0.25, -0.2) is 4.79 Å². The number of anilines is 1. The highest BCUT2D eigenvalue weighted by Crippen LogP contribution is 2.38. The molecule has 2 aromatic rings. The van der Waals surface area contributed by atoms with E-state index in [0.717, 1.165) is 0 Å². The first-order chi connectivity index (χ1) is 13.0. The number of amides is 1. The molecule has 3 rings (SSSR count). The van der Waals surface area contributed by atoms with Crippen molar-refractivity contribution in [3.05, 3.63) is 39.7 Å². The van der Waals surface area contributed by atoms with Crippen LogP contribution < -0.4 is 14.8 Å². The molecule has 0 bridgehead atoms. The molecule has 140 valence electrons. The van der Waals surface area contributed by atoms with E-state index in [4.69, 9.17) is 31.1 Å². The van der Waals surface area contributed by atoms with E-state index in [-0.39, 0.29) is 10.6 Å². The Kier molecular flexibility index (Phi) is 5.84. The maximum absolute atomic E-state index is 12.4. The summed E-state index contributed by atoms with van der Waals surface area (Å²) < 4.78 is 16.3. The van der Waals surface area contributed by atoms with E-state index in [1.54, 1.807) is 11.4 Å². The van der Waals surface area contributed by atoms with Gasteiger partial charge in [0, 0.05) is 6.42 Å². The van der Waals surface area contributed by atoms with Gasteiger partial charge >= 0.3 is 5.97 Å². The Morgan fingerprint density at radius 1 is 1.37 bits per heavy atom. The molecule has 1 aromatic heterocycles. The van der Waals surface area contributed by atoms with Gasteiger partial charge in [-0.15, -0.1) is 11.3 Å². The Morgan fingerprint density at radius 3 is 2.93 bits per heavy atom. The smallest absolute Gasteiger partial charge is 0.339 e. The van der Waals surface area contributed by atoms with Gasteiger partial charge in [-0.2, -0.15) is 5.26 Å². The van der Waals surface area contributed by atoms with Crippen LogP contribution in [0.1, 0.15) is 29.3 Å². The van der Waals surface area contributed by atoms with Gasteiger partial charge in [-0.05, 0) is 30.5 Å². The molecule has 1 aliphatic rings. The number of carbonyl (C=O) groups excluding carboxylic acids is 2. The monoisotopic (exact) mass is 406 g/mol. The summed E-state index contributed by atoms with van der Waals surface area (Å²) in [5.74, 6) is -0.510. The molecule has 1 atom stereocenters. The minimum Gasteiger partial charge on any atom is -0.489 e. The maximum atomic E-state index is 12.4. The predicted octanol–water partition coefficient (Wildman–Crippen LogP) is 3.62. The van der Waals surface area contributed by atoms with Crippen molar-refractivity contribution in [3.8, 4) is 17.6 Å². The van der Waals surface area contributed by atoms with Crippen LogP contribution in [0.2, 0.25) is 5.02 Å².